The van der Waals surface area contributed by atoms with E-state index in [4.69, 9.17) is 0 Å². The molecule has 6 heteroatoms. The second-order valence-electron chi connectivity index (χ2n) is 5.63. The zero-order valence-corrected chi connectivity index (χ0v) is 13.4. The first-order valence-corrected chi connectivity index (χ1v) is 7.56. The summed E-state index contributed by atoms with van der Waals surface area (Å²) in [5.74, 6) is 0. The van der Waals surface area contributed by atoms with Gasteiger partial charge < -0.3 is 0 Å². The highest BCUT2D eigenvalue weighted by Crippen LogP contribution is 2.38. The highest BCUT2D eigenvalue weighted by molar-refractivity contribution is 5.86. The molecule has 0 saturated carbocycles. The van der Waals surface area contributed by atoms with E-state index in [0.29, 0.717) is 16.7 Å². The molecule has 0 amide bonds. The molecule has 0 aromatic heterocycles. The number of hydrogen-bond acceptors (Lipinski definition) is 4. The standard InChI is InChI=1S/C19H14N2O4/c1-13-5-7-14(8-6-13)17-3-2-4-18(19(17)21(24)25)15-9-11-16(12-10-15)20(22)23/h2-12H,1H3. The number of rotatable bonds is 4. The largest absolute Gasteiger partial charge is 0.284 e. The van der Waals surface area contributed by atoms with E-state index in [0.717, 1.165) is 11.1 Å². The molecule has 0 heterocycles. The van der Waals surface area contributed by atoms with Gasteiger partial charge in [0.05, 0.1) is 21.0 Å². The van der Waals surface area contributed by atoms with Gasteiger partial charge in [0, 0.05) is 12.1 Å². The number of benzene rings is 3. The minimum absolute atomic E-state index is 0.0137. The van der Waals surface area contributed by atoms with Gasteiger partial charge in [-0.05, 0) is 42.3 Å². The number of para-hydroxylation sites is 1. The minimum Gasteiger partial charge on any atom is -0.258 e. The van der Waals surface area contributed by atoms with Crippen molar-refractivity contribution in [2.24, 2.45) is 0 Å². The lowest BCUT2D eigenvalue weighted by Crippen LogP contribution is -1.96. The lowest BCUT2D eigenvalue weighted by molar-refractivity contribution is -0.385. The third-order valence-electron chi connectivity index (χ3n) is 3.97. The number of nitro benzene ring substituents is 2. The van der Waals surface area contributed by atoms with Gasteiger partial charge in [-0.25, -0.2) is 0 Å². The molecule has 0 unspecified atom stereocenters. The first kappa shape index (κ1) is 16.3. The van der Waals surface area contributed by atoms with Gasteiger partial charge in [-0.3, -0.25) is 20.2 Å². The summed E-state index contributed by atoms with van der Waals surface area (Å²) in [5, 5.41) is 22.5. The van der Waals surface area contributed by atoms with Crippen LogP contribution in [-0.2, 0) is 0 Å². The summed E-state index contributed by atoms with van der Waals surface area (Å²) < 4.78 is 0. The van der Waals surface area contributed by atoms with E-state index < -0.39 is 9.85 Å². The lowest BCUT2D eigenvalue weighted by Gasteiger charge is -2.09. The Morgan fingerprint density at radius 2 is 1.16 bits per heavy atom. The van der Waals surface area contributed by atoms with Crippen molar-refractivity contribution in [3.63, 3.8) is 0 Å². The van der Waals surface area contributed by atoms with Crippen LogP contribution in [0.2, 0.25) is 0 Å². The predicted molar refractivity (Wildman–Crippen MR) is 95.4 cm³/mol. The number of non-ortho nitro benzene ring substituents is 1. The highest BCUT2D eigenvalue weighted by atomic mass is 16.6. The van der Waals surface area contributed by atoms with Gasteiger partial charge in [-0.2, -0.15) is 0 Å². The molecule has 3 rings (SSSR count). The van der Waals surface area contributed by atoms with Crippen LogP contribution in [0.25, 0.3) is 22.3 Å². The molecule has 0 radical (unpaired) electrons. The summed E-state index contributed by atoms with van der Waals surface area (Å²) >= 11 is 0. The monoisotopic (exact) mass is 334 g/mol. The van der Waals surface area contributed by atoms with Crippen molar-refractivity contribution in [1.82, 2.24) is 0 Å². The van der Waals surface area contributed by atoms with E-state index in [1.807, 2.05) is 31.2 Å². The fourth-order valence-electron chi connectivity index (χ4n) is 2.70. The summed E-state index contributed by atoms with van der Waals surface area (Å²) in [6.45, 7) is 1.95. The number of nitrogens with zero attached hydrogens (tertiary/aromatic N) is 2. The van der Waals surface area contributed by atoms with E-state index in [1.165, 1.54) is 24.3 Å². The van der Waals surface area contributed by atoms with E-state index in [1.54, 1.807) is 18.2 Å². The van der Waals surface area contributed by atoms with Crippen LogP contribution in [0.4, 0.5) is 11.4 Å². The second kappa shape index (κ2) is 6.52. The first-order chi connectivity index (χ1) is 12.0. The van der Waals surface area contributed by atoms with Crippen LogP contribution in [0.15, 0.2) is 66.7 Å². The molecule has 0 fully saturated rings. The van der Waals surface area contributed by atoms with Crippen molar-refractivity contribution in [2.75, 3.05) is 0 Å². The molecule has 124 valence electrons. The SMILES string of the molecule is Cc1ccc(-c2cccc(-c3ccc([N+](=O)[O-])cc3)c2[N+](=O)[O-])cc1. The van der Waals surface area contributed by atoms with Crippen molar-refractivity contribution < 1.29 is 9.85 Å². The van der Waals surface area contributed by atoms with Crippen LogP contribution < -0.4 is 0 Å². The zero-order chi connectivity index (χ0) is 18.0. The molecular weight excluding hydrogens is 320 g/mol. The molecule has 0 N–H and O–H groups in total. The maximum Gasteiger partial charge on any atom is 0.284 e. The fourth-order valence-corrected chi connectivity index (χ4v) is 2.70. The third-order valence-corrected chi connectivity index (χ3v) is 3.97. The zero-order valence-electron chi connectivity index (χ0n) is 13.4. The highest BCUT2D eigenvalue weighted by Gasteiger charge is 2.22. The Morgan fingerprint density at radius 3 is 1.60 bits per heavy atom. The average molecular weight is 334 g/mol. The van der Waals surface area contributed by atoms with Gasteiger partial charge in [0.15, 0.2) is 0 Å². The van der Waals surface area contributed by atoms with E-state index in [2.05, 4.69) is 0 Å². The summed E-state index contributed by atoms with van der Waals surface area (Å²) in [7, 11) is 0. The molecule has 6 nitrogen and oxygen atoms in total. The minimum atomic E-state index is -0.499. The Labute approximate surface area is 143 Å². The Bertz CT molecular complexity index is 948. The summed E-state index contributed by atoms with van der Waals surface area (Å²) in [4.78, 5) is 21.6. The Morgan fingerprint density at radius 1 is 0.680 bits per heavy atom. The molecule has 3 aromatic rings. The Balaban J connectivity index is 2.17. The van der Waals surface area contributed by atoms with E-state index in [-0.39, 0.29) is 11.4 Å². The number of aryl methyl sites for hydroxylation is 1. The van der Waals surface area contributed by atoms with E-state index in [9.17, 15) is 20.2 Å². The van der Waals surface area contributed by atoms with Crippen LogP contribution in [0.1, 0.15) is 5.56 Å². The molecule has 0 aliphatic heterocycles. The molecule has 25 heavy (non-hydrogen) atoms. The van der Waals surface area contributed by atoms with Gasteiger partial charge in [-0.1, -0.05) is 35.9 Å². The van der Waals surface area contributed by atoms with Crippen LogP contribution in [0.5, 0.6) is 0 Å². The van der Waals surface area contributed by atoms with Crippen LogP contribution in [0, 0.1) is 27.2 Å². The molecular formula is C19H14N2O4. The van der Waals surface area contributed by atoms with Gasteiger partial charge in [0.25, 0.3) is 11.4 Å². The molecule has 0 atom stereocenters. The quantitative estimate of drug-likeness (QED) is 0.488. The summed E-state index contributed by atoms with van der Waals surface area (Å²) in [6, 6.07) is 18.3. The van der Waals surface area contributed by atoms with Crippen molar-refractivity contribution in [3.05, 3.63) is 92.5 Å². The Kier molecular flexibility index (Phi) is 4.26. The van der Waals surface area contributed by atoms with E-state index >= 15 is 0 Å². The van der Waals surface area contributed by atoms with Crippen LogP contribution in [-0.4, -0.2) is 9.85 Å². The maximum absolute atomic E-state index is 11.7. The van der Waals surface area contributed by atoms with Crippen molar-refractivity contribution >= 4 is 11.4 Å². The second-order valence-corrected chi connectivity index (χ2v) is 5.63. The summed E-state index contributed by atoms with van der Waals surface area (Å²) in [5.41, 5.74) is 3.25. The van der Waals surface area contributed by atoms with Crippen LogP contribution in [0.3, 0.4) is 0 Å². The lowest BCUT2D eigenvalue weighted by atomic mass is 9.95. The normalized spacial score (nSPS) is 10.4. The third kappa shape index (κ3) is 3.23. The maximum atomic E-state index is 11.7. The Hall–Kier alpha value is -3.54. The van der Waals surface area contributed by atoms with Gasteiger partial charge >= 0.3 is 0 Å². The first-order valence-electron chi connectivity index (χ1n) is 7.56. The molecule has 0 spiro atoms. The predicted octanol–water partition coefficient (Wildman–Crippen LogP) is 5.15. The van der Waals surface area contributed by atoms with Crippen molar-refractivity contribution in [3.8, 4) is 22.3 Å². The number of nitro groups is 2. The van der Waals surface area contributed by atoms with Gasteiger partial charge in [0.1, 0.15) is 0 Å². The average Bonchev–Trinajstić information content (AvgIpc) is 2.61. The molecule has 3 aromatic carbocycles. The fraction of sp³-hybridized carbons (Fsp3) is 0.0526. The molecule has 0 bridgehead atoms. The van der Waals surface area contributed by atoms with Gasteiger partial charge in [0.2, 0.25) is 0 Å². The number of hydrogen-bond donors (Lipinski definition) is 0. The van der Waals surface area contributed by atoms with Crippen molar-refractivity contribution in [2.45, 2.75) is 6.92 Å². The summed E-state index contributed by atoms with van der Waals surface area (Å²) in [6.07, 6.45) is 0. The molecule has 0 aliphatic carbocycles. The molecule has 0 saturated heterocycles. The smallest absolute Gasteiger partial charge is 0.258 e. The van der Waals surface area contributed by atoms with Gasteiger partial charge in [-0.15, -0.1) is 0 Å². The van der Waals surface area contributed by atoms with Crippen molar-refractivity contribution in [1.29, 1.82) is 0 Å². The topological polar surface area (TPSA) is 86.3 Å². The van der Waals surface area contributed by atoms with Crippen LogP contribution >= 0.6 is 0 Å². The molecule has 0 aliphatic rings.